The average molecular weight is 410 g/mol. The summed E-state index contributed by atoms with van der Waals surface area (Å²) in [5.74, 6) is 0.104. The fourth-order valence-corrected chi connectivity index (χ4v) is 4.58. The van der Waals surface area contributed by atoms with E-state index in [0.717, 1.165) is 21.7 Å². The Kier molecular flexibility index (Phi) is 4.95. The van der Waals surface area contributed by atoms with Gasteiger partial charge in [0.15, 0.2) is 5.13 Å². The number of aromatic nitrogens is 1. The van der Waals surface area contributed by atoms with Crippen LogP contribution < -0.4 is 10.6 Å². The number of carbonyl (C=O) groups excluding carboxylic acids is 2. The van der Waals surface area contributed by atoms with E-state index >= 15 is 0 Å². The summed E-state index contributed by atoms with van der Waals surface area (Å²) in [7, 11) is 0. The average Bonchev–Trinajstić information content (AvgIpc) is 3.12. The lowest BCUT2D eigenvalue weighted by molar-refractivity contribution is -0.113. The number of thiazole rings is 1. The smallest absolute Gasteiger partial charge is 0.257 e. The highest BCUT2D eigenvalue weighted by Crippen LogP contribution is 2.33. The number of aryl methyl sites for hydroxylation is 3. The molecule has 2 heterocycles. The molecule has 0 spiro atoms. The number of hydrogen-bond donors (Lipinski definition) is 2. The normalized spacial score (nSPS) is 13.0. The van der Waals surface area contributed by atoms with E-state index in [1.54, 1.807) is 12.1 Å². The highest BCUT2D eigenvalue weighted by molar-refractivity contribution is 8.00. The first kappa shape index (κ1) is 18.7. The van der Waals surface area contributed by atoms with Crippen molar-refractivity contribution in [3.63, 3.8) is 0 Å². The molecule has 0 saturated carbocycles. The molecule has 7 heteroatoms. The van der Waals surface area contributed by atoms with Crippen LogP contribution in [0.3, 0.4) is 0 Å². The molecule has 0 radical (unpaired) electrons. The van der Waals surface area contributed by atoms with Crippen LogP contribution in [-0.2, 0) is 4.79 Å². The van der Waals surface area contributed by atoms with E-state index in [4.69, 9.17) is 0 Å². The second-order valence-corrected chi connectivity index (χ2v) is 8.67. The third-order valence-corrected chi connectivity index (χ3v) is 6.55. The minimum atomic E-state index is -0.245. The number of benzene rings is 2. The molecule has 4 rings (SSSR count). The Bertz CT molecular complexity index is 1110. The van der Waals surface area contributed by atoms with E-state index in [0.29, 0.717) is 22.1 Å². The maximum absolute atomic E-state index is 12.6. The van der Waals surface area contributed by atoms with Crippen molar-refractivity contribution in [3.05, 3.63) is 58.0 Å². The van der Waals surface area contributed by atoms with Gasteiger partial charge in [-0.1, -0.05) is 6.07 Å². The number of amides is 2. The van der Waals surface area contributed by atoms with E-state index in [1.165, 1.54) is 34.2 Å². The summed E-state index contributed by atoms with van der Waals surface area (Å²) >= 11 is 2.87. The van der Waals surface area contributed by atoms with Gasteiger partial charge in [-0.15, -0.1) is 23.1 Å². The van der Waals surface area contributed by atoms with Crippen LogP contribution in [0.1, 0.15) is 27.0 Å². The summed E-state index contributed by atoms with van der Waals surface area (Å²) in [5.41, 5.74) is 6.73. The van der Waals surface area contributed by atoms with Crippen molar-refractivity contribution in [1.82, 2.24) is 4.98 Å². The van der Waals surface area contributed by atoms with Crippen molar-refractivity contribution in [2.24, 2.45) is 0 Å². The molecule has 1 aliphatic rings. The van der Waals surface area contributed by atoms with Crippen molar-refractivity contribution >= 4 is 45.7 Å². The molecule has 2 amide bonds. The van der Waals surface area contributed by atoms with E-state index in [-0.39, 0.29) is 11.8 Å². The highest BCUT2D eigenvalue weighted by Gasteiger charge is 2.18. The fraction of sp³-hybridized carbons (Fsp3) is 0.190. The highest BCUT2D eigenvalue weighted by atomic mass is 32.2. The first-order valence-corrected chi connectivity index (χ1v) is 10.7. The predicted octanol–water partition coefficient (Wildman–Crippen LogP) is 5.03. The van der Waals surface area contributed by atoms with Crippen LogP contribution >= 0.6 is 23.1 Å². The van der Waals surface area contributed by atoms with E-state index in [1.807, 2.05) is 11.4 Å². The lowest BCUT2D eigenvalue weighted by atomic mass is 9.99. The zero-order valence-corrected chi connectivity index (χ0v) is 17.4. The molecule has 5 nitrogen and oxygen atoms in total. The topological polar surface area (TPSA) is 71.1 Å². The van der Waals surface area contributed by atoms with Gasteiger partial charge < -0.3 is 5.32 Å². The molecule has 2 N–H and O–H groups in total. The van der Waals surface area contributed by atoms with Crippen LogP contribution in [0.5, 0.6) is 0 Å². The SMILES string of the molecule is Cc1cc(C)c(-c2csc(NC(=O)c3ccc4c(c3)NC(=O)CS4)n2)cc1C. The van der Waals surface area contributed by atoms with Crippen LogP contribution in [-0.4, -0.2) is 22.6 Å². The lowest BCUT2D eigenvalue weighted by Gasteiger charge is -2.16. The van der Waals surface area contributed by atoms with Crippen LogP contribution in [0.25, 0.3) is 11.3 Å². The van der Waals surface area contributed by atoms with Crippen molar-refractivity contribution in [1.29, 1.82) is 0 Å². The van der Waals surface area contributed by atoms with Crippen molar-refractivity contribution in [2.45, 2.75) is 25.7 Å². The van der Waals surface area contributed by atoms with Crippen LogP contribution in [0, 0.1) is 20.8 Å². The van der Waals surface area contributed by atoms with Gasteiger partial charge in [0.1, 0.15) is 0 Å². The quantitative estimate of drug-likeness (QED) is 0.636. The standard InChI is InChI=1S/C21H19N3O2S2/c1-11-6-13(3)15(7-12(11)2)17-9-28-21(23-17)24-20(26)14-4-5-18-16(8-14)22-19(25)10-27-18/h4-9H,10H2,1-3H3,(H,22,25)(H,23,24,26). The second-order valence-electron chi connectivity index (χ2n) is 6.79. The minimum absolute atomic E-state index is 0.0524. The molecule has 0 bridgehead atoms. The Morgan fingerprint density at radius 3 is 2.71 bits per heavy atom. The first-order chi connectivity index (χ1) is 13.4. The minimum Gasteiger partial charge on any atom is -0.324 e. The van der Waals surface area contributed by atoms with Gasteiger partial charge in [0.05, 0.1) is 17.1 Å². The zero-order chi connectivity index (χ0) is 19.8. The molecule has 3 aromatic rings. The molecule has 2 aromatic carbocycles. The van der Waals surface area contributed by atoms with Gasteiger partial charge in [0.2, 0.25) is 5.91 Å². The number of hydrogen-bond acceptors (Lipinski definition) is 5. The number of nitrogens with one attached hydrogen (secondary N) is 2. The molecule has 142 valence electrons. The maximum Gasteiger partial charge on any atom is 0.257 e. The molecular formula is C21H19N3O2S2. The van der Waals surface area contributed by atoms with Gasteiger partial charge in [-0.05, 0) is 61.7 Å². The molecule has 0 atom stereocenters. The molecule has 0 aliphatic carbocycles. The summed E-state index contributed by atoms with van der Waals surface area (Å²) < 4.78 is 0. The van der Waals surface area contributed by atoms with Gasteiger partial charge >= 0.3 is 0 Å². The molecule has 1 aliphatic heterocycles. The summed E-state index contributed by atoms with van der Waals surface area (Å²) in [4.78, 5) is 29.8. The Morgan fingerprint density at radius 2 is 1.89 bits per heavy atom. The third kappa shape index (κ3) is 3.68. The number of anilines is 2. The van der Waals surface area contributed by atoms with Gasteiger partial charge in [-0.3, -0.25) is 14.9 Å². The van der Waals surface area contributed by atoms with Crippen molar-refractivity contribution in [3.8, 4) is 11.3 Å². The van der Waals surface area contributed by atoms with Crippen molar-refractivity contribution in [2.75, 3.05) is 16.4 Å². The van der Waals surface area contributed by atoms with Gasteiger partial charge in [0.25, 0.3) is 5.91 Å². The summed E-state index contributed by atoms with van der Waals surface area (Å²) in [6.45, 7) is 6.25. The number of nitrogens with zero attached hydrogens (tertiary/aromatic N) is 1. The molecule has 1 aromatic heterocycles. The van der Waals surface area contributed by atoms with Crippen LogP contribution in [0.15, 0.2) is 40.6 Å². The number of carbonyl (C=O) groups is 2. The molecular weight excluding hydrogens is 390 g/mol. The van der Waals surface area contributed by atoms with E-state index in [9.17, 15) is 9.59 Å². The van der Waals surface area contributed by atoms with E-state index in [2.05, 4.69) is 48.5 Å². The first-order valence-electron chi connectivity index (χ1n) is 8.82. The van der Waals surface area contributed by atoms with Gasteiger partial charge in [0, 0.05) is 21.4 Å². The Balaban J connectivity index is 1.54. The van der Waals surface area contributed by atoms with Gasteiger partial charge in [-0.2, -0.15) is 0 Å². The monoisotopic (exact) mass is 409 g/mol. The van der Waals surface area contributed by atoms with Crippen LogP contribution in [0.2, 0.25) is 0 Å². The lowest BCUT2D eigenvalue weighted by Crippen LogP contribution is -2.19. The third-order valence-electron chi connectivity index (χ3n) is 4.72. The molecule has 0 unspecified atom stereocenters. The van der Waals surface area contributed by atoms with E-state index < -0.39 is 0 Å². The number of rotatable bonds is 3. The Morgan fingerprint density at radius 1 is 1.11 bits per heavy atom. The van der Waals surface area contributed by atoms with Gasteiger partial charge in [-0.25, -0.2) is 4.98 Å². The summed E-state index contributed by atoms with van der Waals surface area (Å²) in [5, 5.41) is 8.17. The summed E-state index contributed by atoms with van der Waals surface area (Å²) in [6, 6.07) is 9.62. The molecule has 0 fully saturated rings. The number of fused-ring (bicyclic) bond motifs is 1. The van der Waals surface area contributed by atoms with Crippen molar-refractivity contribution < 1.29 is 9.59 Å². The maximum atomic E-state index is 12.6. The largest absolute Gasteiger partial charge is 0.324 e. The Hall–Kier alpha value is -2.64. The number of thioether (sulfide) groups is 1. The zero-order valence-electron chi connectivity index (χ0n) is 15.8. The molecule has 0 saturated heterocycles. The van der Waals surface area contributed by atoms with Crippen LogP contribution in [0.4, 0.5) is 10.8 Å². The Labute approximate surface area is 171 Å². The second kappa shape index (κ2) is 7.41. The fourth-order valence-electron chi connectivity index (χ4n) is 3.08. The molecule has 28 heavy (non-hydrogen) atoms. The predicted molar refractivity (Wildman–Crippen MR) is 116 cm³/mol. The summed E-state index contributed by atoms with van der Waals surface area (Å²) in [6.07, 6.45) is 0.